The third-order valence-corrected chi connectivity index (χ3v) is 5.40. The average Bonchev–Trinajstić information content (AvgIpc) is 2.80. The van der Waals surface area contributed by atoms with Gasteiger partial charge in [0, 0.05) is 26.1 Å². The summed E-state index contributed by atoms with van der Waals surface area (Å²) in [7, 11) is 0. The number of hydrogen-bond donors (Lipinski definition) is 0. The molecule has 0 aromatic heterocycles. The summed E-state index contributed by atoms with van der Waals surface area (Å²) in [6, 6.07) is 26.2. The fourth-order valence-electron chi connectivity index (χ4n) is 3.77. The van der Waals surface area contributed by atoms with Crippen LogP contribution >= 0.6 is 0 Å². The first-order chi connectivity index (χ1) is 14.8. The van der Waals surface area contributed by atoms with E-state index in [0.29, 0.717) is 6.42 Å². The van der Waals surface area contributed by atoms with Crippen LogP contribution in [0.2, 0.25) is 0 Å². The molecule has 30 heavy (non-hydrogen) atoms. The molecule has 0 radical (unpaired) electrons. The Hall–Kier alpha value is -3.11. The molecule has 4 nitrogen and oxygen atoms in total. The summed E-state index contributed by atoms with van der Waals surface area (Å²) in [6.45, 7) is 2.84. The number of likely N-dealkylation sites (tertiary alicyclic amines) is 1. The summed E-state index contributed by atoms with van der Waals surface area (Å²) in [6.07, 6.45) is 3.85. The number of aldehydes is 1. The molecule has 3 aromatic carbocycles. The van der Waals surface area contributed by atoms with Crippen LogP contribution in [0.1, 0.15) is 19.3 Å². The number of para-hydroxylation sites is 1. The molecule has 1 fully saturated rings. The van der Waals surface area contributed by atoms with Crippen molar-refractivity contribution in [3.05, 3.63) is 78.9 Å². The molecule has 0 bridgehead atoms. The van der Waals surface area contributed by atoms with Crippen molar-refractivity contribution in [1.29, 1.82) is 0 Å². The zero-order valence-corrected chi connectivity index (χ0v) is 17.1. The third-order valence-electron chi connectivity index (χ3n) is 5.40. The van der Waals surface area contributed by atoms with E-state index >= 15 is 0 Å². The molecule has 0 amide bonds. The van der Waals surface area contributed by atoms with Gasteiger partial charge in [0.15, 0.2) is 0 Å². The first kappa shape index (κ1) is 20.2. The molecule has 3 aromatic rings. The predicted molar refractivity (Wildman–Crippen MR) is 119 cm³/mol. The molecule has 0 spiro atoms. The molecular weight excluding hydrogens is 374 g/mol. The molecular formula is C26H27NO3. The highest BCUT2D eigenvalue weighted by Gasteiger charge is 2.20. The van der Waals surface area contributed by atoms with Crippen LogP contribution in [0.5, 0.6) is 17.2 Å². The molecule has 4 heteroatoms. The zero-order chi connectivity index (χ0) is 20.6. The Balaban J connectivity index is 1.35. The molecule has 0 saturated carbocycles. The van der Waals surface area contributed by atoms with Crippen molar-refractivity contribution in [1.82, 2.24) is 4.90 Å². The minimum absolute atomic E-state index is 0.242. The zero-order valence-electron chi connectivity index (χ0n) is 17.1. The molecule has 0 aliphatic carbocycles. The normalized spacial score (nSPS) is 14.9. The second kappa shape index (κ2) is 10.1. The van der Waals surface area contributed by atoms with Gasteiger partial charge >= 0.3 is 0 Å². The molecule has 0 N–H and O–H groups in total. The van der Waals surface area contributed by atoms with Crippen molar-refractivity contribution in [2.75, 3.05) is 19.6 Å². The van der Waals surface area contributed by atoms with Gasteiger partial charge in [0.1, 0.15) is 29.6 Å². The molecule has 1 aliphatic heterocycles. The summed E-state index contributed by atoms with van der Waals surface area (Å²) in [5.74, 6) is 2.55. The average molecular weight is 402 g/mol. The minimum atomic E-state index is 0.242. The molecule has 4 rings (SSSR count). The molecule has 1 heterocycles. The molecule has 154 valence electrons. The van der Waals surface area contributed by atoms with E-state index in [4.69, 9.17) is 9.47 Å². The largest absolute Gasteiger partial charge is 0.490 e. The number of carbonyl (C=O) groups excluding carboxylic acids is 1. The van der Waals surface area contributed by atoms with Crippen molar-refractivity contribution < 1.29 is 14.3 Å². The van der Waals surface area contributed by atoms with E-state index in [-0.39, 0.29) is 6.10 Å². The monoisotopic (exact) mass is 401 g/mol. The highest BCUT2D eigenvalue weighted by Crippen LogP contribution is 2.29. The van der Waals surface area contributed by atoms with Crippen molar-refractivity contribution in [2.24, 2.45) is 0 Å². The van der Waals surface area contributed by atoms with E-state index in [1.807, 2.05) is 54.6 Å². The van der Waals surface area contributed by atoms with Crippen LogP contribution in [0.4, 0.5) is 0 Å². The Morgan fingerprint density at radius 2 is 1.53 bits per heavy atom. The lowest BCUT2D eigenvalue weighted by Crippen LogP contribution is -2.38. The number of piperidine rings is 1. The van der Waals surface area contributed by atoms with Gasteiger partial charge < -0.3 is 19.2 Å². The van der Waals surface area contributed by atoms with Crippen LogP contribution < -0.4 is 9.47 Å². The third kappa shape index (κ3) is 5.49. The van der Waals surface area contributed by atoms with Gasteiger partial charge in [-0.2, -0.15) is 0 Å². The lowest BCUT2D eigenvalue weighted by molar-refractivity contribution is -0.108. The number of ether oxygens (including phenoxy) is 2. The van der Waals surface area contributed by atoms with Gasteiger partial charge in [0.2, 0.25) is 0 Å². The number of rotatable bonds is 8. The fraction of sp³-hybridized carbons (Fsp3) is 0.269. The Kier molecular flexibility index (Phi) is 6.78. The lowest BCUT2D eigenvalue weighted by atomic mass is 10.0. The van der Waals surface area contributed by atoms with E-state index in [1.165, 1.54) is 0 Å². The van der Waals surface area contributed by atoms with E-state index < -0.39 is 0 Å². The van der Waals surface area contributed by atoms with Crippen LogP contribution in [0.15, 0.2) is 78.9 Å². The number of carbonyl (C=O) groups is 1. The Morgan fingerprint density at radius 1 is 0.800 bits per heavy atom. The first-order valence-corrected chi connectivity index (χ1v) is 10.6. The summed E-state index contributed by atoms with van der Waals surface area (Å²) in [5.41, 5.74) is 2.24. The maximum Gasteiger partial charge on any atom is 0.128 e. The van der Waals surface area contributed by atoms with Gasteiger partial charge in [0.05, 0.1) is 0 Å². The number of nitrogens with zero attached hydrogens (tertiary/aromatic N) is 1. The smallest absolute Gasteiger partial charge is 0.128 e. The van der Waals surface area contributed by atoms with E-state index in [2.05, 4.69) is 29.2 Å². The van der Waals surface area contributed by atoms with Crippen LogP contribution in [-0.4, -0.2) is 36.9 Å². The second-order valence-corrected chi connectivity index (χ2v) is 7.58. The first-order valence-electron chi connectivity index (χ1n) is 10.6. The van der Waals surface area contributed by atoms with Crippen LogP contribution in [0.3, 0.4) is 0 Å². The molecule has 0 unspecified atom stereocenters. The standard InChI is InChI=1S/C26H27NO3/c28-19-5-16-27-17-14-25(15-18-27)29-24-12-10-21(11-13-24)22-6-4-9-26(20-22)30-23-7-2-1-3-8-23/h1-4,6-13,19-20,25H,5,14-18H2. The number of benzene rings is 3. The van der Waals surface area contributed by atoms with Gasteiger partial charge in [-0.15, -0.1) is 0 Å². The lowest BCUT2D eigenvalue weighted by Gasteiger charge is -2.31. The molecule has 1 saturated heterocycles. The molecule has 0 atom stereocenters. The van der Waals surface area contributed by atoms with Crippen molar-refractivity contribution in [2.45, 2.75) is 25.4 Å². The van der Waals surface area contributed by atoms with Crippen LogP contribution in [-0.2, 0) is 4.79 Å². The van der Waals surface area contributed by atoms with Crippen LogP contribution in [0.25, 0.3) is 11.1 Å². The van der Waals surface area contributed by atoms with Crippen molar-refractivity contribution in [3.8, 4) is 28.4 Å². The Labute approximate surface area is 178 Å². The highest BCUT2D eigenvalue weighted by molar-refractivity contribution is 5.66. The van der Waals surface area contributed by atoms with Gasteiger partial charge in [-0.25, -0.2) is 0 Å². The summed E-state index contributed by atoms with van der Waals surface area (Å²) < 4.78 is 12.1. The predicted octanol–water partition coefficient (Wildman–Crippen LogP) is 5.58. The maximum absolute atomic E-state index is 10.5. The molecule has 1 aliphatic rings. The second-order valence-electron chi connectivity index (χ2n) is 7.58. The quantitative estimate of drug-likeness (QED) is 0.462. The van der Waals surface area contributed by atoms with Gasteiger partial charge in [-0.05, 0) is 60.4 Å². The van der Waals surface area contributed by atoms with E-state index in [0.717, 1.165) is 67.1 Å². The fourth-order valence-corrected chi connectivity index (χ4v) is 3.77. The van der Waals surface area contributed by atoms with Crippen molar-refractivity contribution in [3.63, 3.8) is 0 Å². The summed E-state index contributed by atoms with van der Waals surface area (Å²) in [5, 5.41) is 0. The summed E-state index contributed by atoms with van der Waals surface area (Å²) >= 11 is 0. The minimum Gasteiger partial charge on any atom is -0.490 e. The Morgan fingerprint density at radius 3 is 2.27 bits per heavy atom. The highest BCUT2D eigenvalue weighted by atomic mass is 16.5. The SMILES string of the molecule is O=CCCN1CCC(Oc2ccc(-c3cccc(Oc4ccccc4)c3)cc2)CC1. The van der Waals surface area contributed by atoms with E-state index in [1.54, 1.807) is 0 Å². The summed E-state index contributed by atoms with van der Waals surface area (Å²) in [4.78, 5) is 12.9. The van der Waals surface area contributed by atoms with Gasteiger partial charge in [-0.1, -0.05) is 42.5 Å². The van der Waals surface area contributed by atoms with Crippen molar-refractivity contribution >= 4 is 6.29 Å². The van der Waals surface area contributed by atoms with E-state index in [9.17, 15) is 4.79 Å². The van der Waals surface area contributed by atoms with Gasteiger partial charge in [0.25, 0.3) is 0 Å². The number of hydrogen-bond acceptors (Lipinski definition) is 4. The maximum atomic E-state index is 10.5. The van der Waals surface area contributed by atoms with Crippen LogP contribution in [0, 0.1) is 0 Å². The topological polar surface area (TPSA) is 38.8 Å². The Bertz CT molecular complexity index is 932. The van der Waals surface area contributed by atoms with Gasteiger partial charge in [-0.3, -0.25) is 0 Å².